The minimum atomic E-state index is -3.76. The molecular formula is C24H30O8S. The van der Waals surface area contributed by atoms with E-state index in [1.165, 1.54) is 48.5 Å². The van der Waals surface area contributed by atoms with Crippen LogP contribution < -0.4 is 9.47 Å². The standard InChI is InChI=1S/C24H30O8S/c1-3-5-15-29-23(25)17-31-19-7-11-21(12-8-19)33(27,28)22-13-9-20(10-14-22)32-18-24(26)30-16-6-4-2/h7-14H,3-6,15-18H2,1-2H3. The maximum atomic E-state index is 12.9. The fraction of sp³-hybridized carbons (Fsp3) is 0.417. The van der Waals surface area contributed by atoms with Crippen LogP contribution in [-0.4, -0.2) is 46.8 Å². The van der Waals surface area contributed by atoms with Crippen molar-refractivity contribution in [1.29, 1.82) is 0 Å². The second kappa shape index (κ2) is 13.5. The molecule has 0 aliphatic carbocycles. The van der Waals surface area contributed by atoms with Gasteiger partial charge >= 0.3 is 11.9 Å². The van der Waals surface area contributed by atoms with Crippen LogP contribution in [0.25, 0.3) is 0 Å². The molecule has 33 heavy (non-hydrogen) atoms. The zero-order valence-electron chi connectivity index (χ0n) is 18.9. The third-order valence-electron chi connectivity index (χ3n) is 4.50. The molecule has 0 aromatic heterocycles. The van der Waals surface area contributed by atoms with Gasteiger partial charge in [0.05, 0.1) is 23.0 Å². The van der Waals surface area contributed by atoms with Crippen LogP contribution in [-0.2, 0) is 28.9 Å². The minimum absolute atomic E-state index is 0.0774. The van der Waals surface area contributed by atoms with Crippen LogP contribution >= 0.6 is 0 Å². The van der Waals surface area contributed by atoms with Crippen LogP contribution in [0, 0.1) is 0 Å². The molecule has 0 spiro atoms. The van der Waals surface area contributed by atoms with E-state index >= 15 is 0 Å². The third-order valence-corrected chi connectivity index (χ3v) is 6.29. The summed E-state index contributed by atoms with van der Waals surface area (Å²) in [6, 6.07) is 11.5. The summed E-state index contributed by atoms with van der Waals surface area (Å²) in [4.78, 5) is 23.3. The number of carbonyl (C=O) groups excluding carboxylic acids is 2. The van der Waals surface area contributed by atoms with Crippen molar-refractivity contribution in [3.8, 4) is 11.5 Å². The number of benzene rings is 2. The van der Waals surface area contributed by atoms with Gasteiger partial charge in [-0.25, -0.2) is 18.0 Å². The molecule has 2 aromatic rings. The number of sulfone groups is 1. The van der Waals surface area contributed by atoms with Gasteiger partial charge in [-0.1, -0.05) is 26.7 Å². The Morgan fingerprint density at radius 1 is 0.667 bits per heavy atom. The van der Waals surface area contributed by atoms with E-state index in [0.717, 1.165) is 25.7 Å². The lowest BCUT2D eigenvalue weighted by Gasteiger charge is -2.09. The van der Waals surface area contributed by atoms with Gasteiger partial charge in [0.25, 0.3) is 0 Å². The Morgan fingerprint density at radius 2 is 1.03 bits per heavy atom. The smallest absolute Gasteiger partial charge is 0.344 e. The zero-order chi connectivity index (χ0) is 24.1. The Morgan fingerprint density at radius 3 is 1.36 bits per heavy atom. The van der Waals surface area contributed by atoms with Crippen molar-refractivity contribution in [1.82, 2.24) is 0 Å². The van der Waals surface area contributed by atoms with Crippen molar-refractivity contribution in [2.45, 2.75) is 49.3 Å². The van der Waals surface area contributed by atoms with Crippen LogP contribution in [0.3, 0.4) is 0 Å². The highest BCUT2D eigenvalue weighted by Gasteiger charge is 2.18. The highest BCUT2D eigenvalue weighted by molar-refractivity contribution is 7.91. The molecular weight excluding hydrogens is 448 g/mol. The molecule has 0 aliphatic heterocycles. The molecule has 0 saturated carbocycles. The van der Waals surface area contributed by atoms with Crippen LogP contribution in [0.4, 0.5) is 0 Å². The summed E-state index contributed by atoms with van der Waals surface area (Å²) < 4.78 is 46.4. The van der Waals surface area contributed by atoms with E-state index in [0.29, 0.717) is 24.7 Å². The summed E-state index contributed by atoms with van der Waals surface area (Å²) in [5.74, 6) is -0.236. The lowest BCUT2D eigenvalue weighted by Crippen LogP contribution is -2.15. The quantitative estimate of drug-likeness (QED) is 0.297. The van der Waals surface area contributed by atoms with Gasteiger partial charge in [0.2, 0.25) is 9.84 Å². The van der Waals surface area contributed by atoms with Crippen molar-refractivity contribution in [2.24, 2.45) is 0 Å². The number of hydrogen-bond donors (Lipinski definition) is 0. The number of hydrogen-bond acceptors (Lipinski definition) is 8. The normalized spacial score (nSPS) is 11.0. The van der Waals surface area contributed by atoms with E-state index in [2.05, 4.69) is 0 Å². The van der Waals surface area contributed by atoms with E-state index < -0.39 is 21.8 Å². The van der Waals surface area contributed by atoms with Crippen LogP contribution in [0.5, 0.6) is 11.5 Å². The Bertz CT molecular complexity index is 907. The Kier molecular flexibility index (Phi) is 10.7. The fourth-order valence-corrected chi connectivity index (χ4v) is 3.86. The first-order valence-corrected chi connectivity index (χ1v) is 12.4. The monoisotopic (exact) mass is 478 g/mol. The second-order valence-electron chi connectivity index (χ2n) is 7.17. The molecule has 0 saturated heterocycles. The zero-order valence-corrected chi connectivity index (χ0v) is 19.8. The van der Waals surface area contributed by atoms with E-state index in [-0.39, 0.29) is 23.0 Å². The van der Waals surface area contributed by atoms with Crippen molar-refractivity contribution in [3.05, 3.63) is 48.5 Å². The van der Waals surface area contributed by atoms with Crippen molar-refractivity contribution in [2.75, 3.05) is 26.4 Å². The van der Waals surface area contributed by atoms with E-state index in [4.69, 9.17) is 18.9 Å². The number of carbonyl (C=O) groups is 2. The molecule has 2 aromatic carbocycles. The highest BCUT2D eigenvalue weighted by atomic mass is 32.2. The lowest BCUT2D eigenvalue weighted by molar-refractivity contribution is -0.146. The minimum Gasteiger partial charge on any atom is -0.482 e. The van der Waals surface area contributed by atoms with Gasteiger partial charge in [0.15, 0.2) is 13.2 Å². The molecule has 0 unspecified atom stereocenters. The number of unbranched alkanes of at least 4 members (excludes halogenated alkanes) is 2. The van der Waals surface area contributed by atoms with E-state index in [1.54, 1.807) is 0 Å². The summed E-state index contributed by atoms with van der Waals surface area (Å²) in [7, 11) is -3.76. The molecule has 9 heteroatoms. The molecule has 0 heterocycles. The summed E-state index contributed by atoms with van der Waals surface area (Å²) >= 11 is 0. The summed E-state index contributed by atoms with van der Waals surface area (Å²) in [6.07, 6.45) is 3.43. The first-order chi connectivity index (χ1) is 15.9. The first kappa shape index (κ1) is 26.2. The number of ether oxygens (including phenoxy) is 4. The maximum absolute atomic E-state index is 12.9. The predicted molar refractivity (Wildman–Crippen MR) is 121 cm³/mol. The molecule has 0 aliphatic rings. The molecule has 0 N–H and O–H groups in total. The number of rotatable bonds is 14. The maximum Gasteiger partial charge on any atom is 0.344 e. The largest absolute Gasteiger partial charge is 0.482 e. The Labute approximate surface area is 194 Å². The molecule has 2 rings (SSSR count). The predicted octanol–water partition coefficient (Wildman–Crippen LogP) is 3.96. The van der Waals surface area contributed by atoms with Crippen molar-refractivity contribution < 1.29 is 37.0 Å². The Balaban J connectivity index is 1.90. The van der Waals surface area contributed by atoms with Gasteiger partial charge in [0, 0.05) is 0 Å². The van der Waals surface area contributed by atoms with Gasteiger partial charge in [-0.15, -0.1) is 0 Å². The highest BCUT2D eigenvalue weighted by Crippen LogP contribution is 2.25. The van der Waals surface area contributed by atoms with Gasteiger partial charge in [-0.3, -0.25) is 0 Å². The van der Waals surface area contributed by atoms with Crippen molar-refractivity contribution in [3.63, 3.8) is 0 Å². The lowest BCUT2D eigenvalue weighted by atomic mass is 10.3. The average molecular weight is 479 g/mol. The van der Waals surface area contributed by atoms with Gasteiger partial charge in [-0.05, 0) is 61.4 Å². The van der Waals surface area contributed by atoms with Gasteiger partial charge in [0.1, 0.15) is 11.5 Å². The van der Waals surface area contributed by atoms with Gasteiger partial charge in [-0.2, -0.15) is 0 Å². The molecule has 8 nitrogen and oxygen atoms in total. The topological polar surface area (TPSA) is 105 Å². The summed E-state index contributed by atoms with van der Waals surface area (Å²) in [5.41, 5.74) is 0. The molecule has 180 valence electrons. The Hall–Kier alpha value is -3.07. The fourth-order valence-electron chi connectivity index (χ4n) is 2.59. The number of esters is 2. The van der Waals surface area contributed by atoms with Crippen molar-refractivity contribution >= 4 is 21.8 Å². The van der Waals surface area contributed by atoms with E-state index in [9.17, 15) is 18.0 Å². The summed E-state index contributed by atoms with van der Waals surface area (Å²) in [5, 5.41) is 0. The molecule has 0 bridgehead atoms. The molecule has 0 amide bonds. The third kappa shape index (κ3) is 8.76. The molecule has 0 atom stereocenters. The van der Waals surface area contributed by atoms with Crippen LogP contribution in [0.2, 0.25) is 0 Å². The molecule has 0 fully saturated rings. The molecule has 0 radical (unpaired) electrons. The van der Waals surface area contributed by atoms with Crippen LogP contribution in [0.15, 0.2) is 58.3 Å². The van der Waals surface area contributed by atoms with Gasteiger partial charge < -0.3 is 18.9 Å². The second-order valence-corrected chi connectivity index (χ2v) is 9.12. The first-order valence-electron chi connectivity index (χ1n) is 10.9. The van der Waals surface area contributed by atoms with E-state index in [1.807, 2.05) is 13.8 Å². The SMILES string of the molecule is CCCCOC(=O)COc1ccc(S(=O)(=O)c2ccc(OCC(=O)OCCCC)cc2)cc1. The summed E-state index contributed by atoms with van der Waals surface area (Å²) in [6.45, 7) is 4.20. The van der Waals surface area contributed by atoms with Crippen LogP contribution in [0.1, 0.15) is 39.5 Å². The average Bonchev–Trinajstić information content (AvgIpc) is 2.82.